The zero-order valence-corrected chi connectivity index (χ0v) is 15.0. The van der Waals surface area contributed by atoms with Crippen molar-refractivity contribution < 1.29 is 0 Å². The number of nitrogens with zero attached hydrogens (tertiary/aromatic N) is 2. The van der Waals surface area contributed by atoms with Crippen molar-refractivity contribution in [2.24, 2.45) is 4.99 Å². The maximum Gasteiger partial charge on any atom is 0.191 e. The van der Waals surface area contributed by atoms with Crippen LogP contribution in [0.15, 0.2) is 35.3 Å². The van der Waals surface area contributed by atoms with Gasteiger partial charge in [0.15, 0.2) is 5.96 Å². The Morgan fingerprint density at radius 1 is 1.18 bits per heavy atom. The van der Waals surface area contributed by atoms with Crippen LogP contribution in [-0.4, -0.2) is 50.6 Å². The van der Waals surface area contributed by atoms with Crippen LogP contribution in [0.1, 0.15) is 33.3 Å². The van der Waals surface area contributed by atoms with Crippen molar-refractivity contribution in [3.8, 4) is 0 Å². The first-order chi connectivity index (χ1) is 10.4. The van der Waals surface area contributed by atoms with Crippen LogP contribution < -0.4 is 10.6 Å². The zero-order chi connectivity index (χ0) is 16.6. The summed E-state index contributed by atoms with van der Waals surface area (Å²) in [5, 5.41) is 6.81. The fraction of sp³-hybridized carbons (Fsp3) is 0.611. The Balaban J connectivity index is 2.44. The average molecular weight is 304 g/mol. The molecule has 0 aliphatic rings. The zero-order valence-electron chi connectivity index (χ0n) is 15.0. The molecule has 0 atom stereocenters. The van der Waals surface area contributed by atoms with Crippen molar-refractivity contribution in [1.82, 2.24) is 15.5 Å². The predicted molar refractivity (Wildman–Crippen MR) is 96.6 cm³/mol. The molecule has 124 valence electrons. The van der Waals surface area contributed by atoms with E-state index in [1.807, 2.05) is 7.05 Å². The minimum absolute atomic E-state index is 0.0631. The summed E-state index contributed by atoms with van der Waals surface area (Å²) in [4.78, 5) is 6.62. The summed E-state index contributed by atoms with van der Waals surface area (Å²) in [7, 11) is 3.96. The van der Waals surface area contributed by atoms with E-state index in [4.69, 9.17) is 0 Å². The van der Waals surface area contributed by atoms with E-state index in [0.717, 1.165) is 25.6 Å². The highest BCUT2D eigenvalue weighted by Gasteiger charge is 2.20. The molecule has 0 saturated heterocycles. The third-order valence-electron chi connectivity index (χ3n) is 4.12. The number of aliphatic imine (C=N–C) groups is 1. The van der Waals surface area contributed by atoms with E-state index in [-0.39, 0.29) is 5.41 Å². The van der Waals surface area contributed by atoms with Gasteiger partial charge in [0.2, 0.25) is 0 Å². The number of hydrogen-bond donors (Lipinski definition) is 2. The van der Waals surface area contributed by atoms with Gasteiger partial charge in [-0.05, 0) is 26.5 Å². The lowest BCUT2D eigenvalue weighted by Gasteiger charge is -2.27. The smallest absolute Gasteiger partial charge is 0.191 e. The Hall–Kier alpha value is -1.55. The number of benzene rings is 1. The van der Waals surface area contributed by atoms with Crippen LogP contribution >= 0.6 is 0 Å². The van der Waals surface area contributed by atoms with Gasteiger partial charge in [0.1, 0.15) is 0 Å². The highest BCUT2D eigenvalue weighted by Crippen LogP contribution is 2.21. The van der Waals surface area contributed by atoms with E-state index in [1.165, 1.54) is 5.56 Å². The van der Waals surface area contributed by atoms with Crippen molar-refractivity contribution in [1.29, 1.82) is 0 Å². The fourth-order valence-corrected chi connectivity index (χ4v) is 2.13. The Labute approximate surface area is 136 Å². The summed E-state index contributed by atoms with van der Waals surface area (Å²) in [5.74, 6) is 0.862. The quantitative estimate of drug-likeness (QED) is 0.600. The van der Waals surface area contributed by atoms with Crippen molar-refractivity contribution in [2.45, 2.75) is 39.2 Å². The van der Waals surface area contributed by atoms with E-state index < -0.39 is 0 Å². The molecule has 22 heavy (non-hydrogen) atoms. The molecule has 2 N–H and O–H groups in total. The molecular formula is C18H32N4. The second kappa shape index (κ2) is 8.79. The third-order valence-corrected chi connectivity index (χ3v) is 4.12. The lowest BCUT2D eigenvalue weighted by molar-refractivity contribution is 0.278. The highest BCUT2D eigenvalue weighted by atomic mass is 15.2. The second-order valence-electron chi connectivity index (χ2n) is 6.68. The molecule has 0 radical (unpaired) electrons. The first-order valence-electron chi connectivity index (χ1n) is 8.07. The normalized spacial score (nSPS) is 12.8. The topological polar surface area (TPSA) is 39.7 Å². The average Bonchev–Trinajstić information content (AvgIpc) is 2.51. The Kier molecular flexibility index (Phi) is 7.39. The molecule has 0 unspecified atom stereocenters. The minimum Gasteiger partial charge on any atom is -0.356 e. The van der Waals surface area contributed by atoms with E-state index in [0.29, 0.717) is 6.04 Å². The molecule has 0 fully saturated rings. The minimum atomic E-state index is 0.0631. The van der Waals surface area contributed by atoms with Crippen molar-refractivity contribution in [2.75, 3.05) is 33.7 Å². The van der Waals surface area contributed by atoms with Gasteiger partial charge in [-0.15, -0.1) is 0 Å². The van der Waals surface area contributed by atoms with Crippen LogP contribution in [0, 0.1) is 0 Å². The predicted octanol–water partition coefficient (Wildman–Crippen LogP) is 2.47. The molecule has 1 rings (SSSR count). The monoisotopic (exact) mass is 304 g/mol. The van der Waals surface area contributed by atoms with E-state index >= 15 is 0 Å². The number of guanidine groups is 1. The summed E-state index contributed by atoms with van der Waals surface area (Å²) < 4.78 is 0. The van der Waals surface area contributed by atoms with Crippen LogP contribution in [0.25, 0.3) is 0 Å². The molecule has 0 aliphatic heterocycles. The molecule has 0 aliphatic carbocycles. The van der Waals surface area contributed by atoms with E-state index in [2.05, 4.69) is 85.6 Å². The van der Waals surface area contributed by atoms with Gasteiger partial charge >= 0.3 is 0 Å². The van der Waals surface area contributed by atoms with E-state index in [1.54, 1.807) is 0 Å². The van der Waals surface area contributed by atoms with Crippen molar-refractivity contribution in [3.63, 3.8) is 0 Å². The largest absolute Gasteiger partial charge is 0.356 e. The second-order valence-corrected chi connectivity index (χ2v) is 6.68. The Morgan fingerprint density at radius 2 is 1.82 bits per heavy atom. The van der Waals surface area contributed by atoms with Gasteiger partial charge in [0.25, 0.3) is 0 Å². The molecule has 1 aromatic carbocycles. The molecule has 0 heterocycles. The van der Waals surface area contributed by atoms with Crippen LogP contribution in [0.5, 0.6) is 0 Å². The summed E-state index contributed by atoms with van der Waals surface area (Å²) in [6, 6.07) is 11.1. The number of rotatable bonds is 7. The Morgan fingerprint density at radius 3 is 2.36 bits per heavy atom. The molecule has 0 amide bonds. The maximum atomic E-state index is 4.30. The summed E-state index contributed by atoms with van der Waals surface area (Å²) >= 11 is 0. The molecule has 1 aromatic rings. The van der Waals surface area contributed by atoms with E-state index in [9.17, 15) is 0 Å². The van der Waals surface area contributed by atoms with Gasteiger partial charge in [-0.1, -0.05) is 44.2 Å². The SMILES string of the molecule is CN=C(NCCN(C)C(C)C)NCC(C)(C)c1ccccc1. The van der Waals surface area contributed by atoms with Gasteiger partial charge < -0.3 is 15.5 Å². The summed E-state index contributed by atoms with van der Waals surface area (Å²) in [6.45, 7) is 11.6. The van der Waals surface area contributed by atoms with Crippen LogP contribution in [0.4, 0.5) is 0 Å². The first-order valence-corrected chi connectivity index (χ1v) is 8.07. The molecule has 4 heteroatoms. The van der Waals surface area contributed by atoms with Gasteiger partial charge in [-0.3, -0.25) is 4.99 Å². The van der Waals surface area contributed by atoms with Crippen LogP contribution in [0.2, 0.25) is 0 Å². The van der Waals surface area contributed by atoms with Crippen molar-refractivity contribution >= 4 is 5.96 Å². The van der Waals surface area contributed by atoms with Crippen LogP contribution in [-0.2, 0) is 5.41 Å². The highest BCUT2D eigenvalue weighted by molar-refractivity contribution is 5.79. The van der Waals surface area contributed by atoms with Crippen molar-refractivity contribution in [3.05, 3.63) is 35.9 Å². The summed E-state index contributed by atoms with van der Waals surface area (Å²) in [5.41, 5.74) is 1.39. The first kappa shape index (κ1) is 18.5. The standard InChI is InChI=1S/C18H32N4/c1-15(2)22(6)13-12-20-17(19-5)21-14-18(3,4)16-10-8-7-9-11-16/h7-11,15H,12-14H2,1-6H3,(H2,19,20,21). The van der Waals surface area contributed by atoms with Gasteiger partial charge in [0.05, 0.1) is 0 Å². The molecular weight excluding hydrogens is 272 g/mol. The number of hydrogen-bond acceptors (Lipinski definition) is 2. The Bertz CT molecular complexity index is 451. The molecule has 0 aromatic heterocycles. The van der Waals surface area contributed by atoms with Crippen LogP contribution in [0.3, 0.4) is 0 Å². The number of likely N-dealkylation sites (N-methyl/N-ethyl adjacent to an activating group) is 1. The fourth-order valence-electron chi connectivity index (χ4n) is 2.13. The molecule has 0 spiro atoms. The third kappa shape index (κ3) is 6.06. The molecule has 0 saturated carbocycles. The number of nitrogens with one attached hydrogen (secondary N) is 2. The lowest BCUT2D eigenvalue weighted by atomic mass is 9.85. The van der Waals surface area contributed by atoms with Gasteiger partial charge in [-0.25, -0.2) is 0 Å². The molecule has 0 bridgehead atoms. The summed E-state index contributed by atoms with van der Waals surface area (Å²) in [6.07, 6.45) is 0. The maximum absolute atomic E-state index is 4.30. The lowest BCUT2D eigenvalue weighted by Crippen LogP contribution is -2.45. The molecule has 4 nitrogen and oxygen atoms in total. The van der Waals surface area contributed by atoms with Gasteiger partial charge in [0, 0.05) is 38.1 Å². The van der Waals surface area contributed by atoms with Gasteiger partial charge in [-0.2, -0.15) is 0 Å².